The molecule has 0 amide bonds. The van der Waals surface area contributed by atoms with Crippen molar-refractivity contribution in [2.75, 3.05) is 81.3 Å². The molecule has 0 aromatic heterocycles. The van der Waals surface area contributed by atoms with Gasteiger partial charge in [-0.15, -0.1) is 0 Å². The molecule has 208 valence electrons. The van der Waals surface area contributed by atoms with Crippen molar-refractivity contribution in [1.82, 2.24) is 0 Å². The zero-order chi connectivity index (χ0) is 26.9. The Morgan fingerprint density at radius 2 is 0.811 bits per heavy atom. The summed E-state index contributed by atoms with van der Waals surface area (Å²) in [6, 6.07) is 7.79. The maximum absolute atomic E-state index is 5.88. The lowest BCUT2D eigenvalue weighted by molar-refractivity contribution is 0.00477. The first-order valence-electron chi connectivity index (χ1n) is 12.4. The Balaban J connectivity index is 1.52. The summed E-state index contributed by atoms with van der Waals surface area (Å²) in [5.41, 5.74) is 3.89. The van der Waals surface area contributed by atoms with E-state index in [1.807, 2.05) is 38.1 Å². The van der Waals surface area contributed by atoms with E-state index in [-0.39, 0.29) is 0 Å². The predicted molar refractivity (Wildman–Crippen MR) is 140 cm³/mol. The molecule has 0 aliphatic heterocycles. The summed E-state index contributed by atoms with van der Waals surface area (Å²) in [7, 11) is 6.61. The zero-order valence-electron chi connectivity index (χ0n) is 23.1. The molecule has 0 bridgehead atoms. The summed E-state index contributed by atoms with van der Waals surface area (Å²) >= 11 is 0. The van der Waals surface area contributed by atoms with Gasteiger partial charge in [0.2, 0.25) is 0 Å². The molecule has 0 atom stereocenters. The third-order valence-electron chi connectivity index (χ3n) is 5.47. The Morgan fingerprint density at radius 1 is 0.459 bits per heavy atom. The van der Waals surface area contributed by atoms with Crippen molar-refractivity contribution in [2.45, 2.75) is 27.1 Å². The van der Waals surface area contributed by atoms with Gasteiger partial charge in [0.1, 0.15) is 36.2 Å². The van der Waals surface area contributed by atoms with Crippen LogP contribution in [0.4, 0.5) is 0 Å². The number of aryl methyl sites for hydroxylation is 2. The first-order valence-corrected chi connectivity index (χ1v) is 12.4. The van der Waals surface area contributed by atoms with Crippen LogP contribution in [0.25, 0.3) is 0 Å². The van der Waals surface area contributed by atoms with Crippen molar-refractivity contribution in [3.8, 4) is 23.0 Å². The molecule has 0 unspecified atom stereocenters. The number of hydrogen-bond donors (Lipinski definition) is 0. The molecule has 9 nitrogen and oxygen atoms in total. The van der Waals surface area contributed by atoms with Crippen LogP contribution in [0.1, 0.15) is 22.3 Å². The van der Waals surface area contributed by atoms with Gasteiger partial charge < -0.3 is 42.6 Å². The lowest BCUT2D eigenvalue weighted by atomic mass is 10.1. The first-order chi connectivity index (χ1) is 18.0. The van der Waals surface area contributed by atoms with Crippen LogP contribution in [0.15, 0.2) is 24.3 Å². The summed E-state index contributed by atoms with van der Waals surface area (Å²) < 4.78 is 49.8. The third-order valence-corrected chi connectivity index (χ3v) is 5.47. The molecule has 0 heterocycles. The maximum Gasteiger partial charge on any atom is 0.125 e. The highest BCUT2D eigenvalue weighted by atomic mass is 16.6. The summed E-state index contributed by atoms with van der Waals surface area (Å²) in [6.07, 6.45) is 0. The average molecular weight is 523 g/mol. The molecule has 0 N–H and O–H groups in total. The van der Waals surface area contributed by atoms with Gasteiger partial charge in [-0.3, -0.25) is 0 Å². The van der Waals surface area contributed by atoms with Gasteiger partial charge in [-0.05, 0) is 49.2 Å². The number of benzene rings is 2. The van der Waals surface area contributed by atoms with Crippen molar-refractivity contribution >= 4 is 0 Å². The van der Waals surface area contributed by atoms with Crippen molar-refractivity contribution in [2.24, 2.45) is 0 Å². The standard InChI is InChI=1S/C28H42O9/c1-21-15-27(23(19-29-3)17-25(21)31-5)36-13-11-34-9-7-33-8-10-35-12-14-37-28-16-22(2)26(32-6)18-24(28)20-30-4/h15-18H,7-14,19-20H2,1-6H3. The Bertz CT molecular complexity index is 844. The van der Waals surface area contributed by atoms with Gasteiger partial charge in [0, 0.05) is 25.3 Å². The van der Waals surface area contributed by atoms with Crippen molar-refractivity contribution in [3.63, 3.8) is 0 Å². The van der Waals surface area contributed by atoms with E-state index in [0.717, 1.165) is 45.3 Å². The molecule has 37 heavy (non-hydrogen) atoms. The van der Waals surface area contributed by atoms with Crippen molar-refractivity contribution < 1.29 is 42.6 Å². The molecule has 0 spiro atoms. The van der Waals surface area contributed by atoms with E-state index < -0.39 is 0 Å². The van der Waals surface area contributed by atoms with Crippen LogP contribution in [0, 0.1) is 13.8 Å². The Hall–Kier alpha value is -2.56. The highest BCUT2D eigenvalue weighted by Crippen LogP contribution is 2.30. The molecule has 2 rings (SSSR count). The Morgan fingerprint density at radius 3 is 1.14 bits per heavy atom. The van der Waals surface area contributed by atoms with E-state index in [1.165, 1.54) is 0 Å². The van der Waals surface area contributed by atoms with Crippen LogP contribution in [0.2, 0.25) is 0 Å². The van der Waals surface area contributed by atoms with Gasteiger partial charge in [0.15, 0.2) is 0 Å². The normalized spacial score (nSPS) is 11.0. The van der Waals surface area contributed by atoms with E-state index in [2.05, 4.69) is 0 Å². The van der Waals surface area contributed by atoms with Gasteiger partial charge in [-0.2, -0.15) is 0 Å². The summed E-state index contributed by atoms with van der Waals surface area (Å²) in [4.78, 5) is 0. The minimum Gasteiger partial charge on any atom is -0.496 e. The number of methoxy groups -OCH3 is 4. The maximum atomic E-state index is 5.88. The zero-order valence-corrected chi connectivity index (χ0v) is 23.1. The Kier molecular flexibility index (Phi) is 14.8. The second-order valence-electron chi connectivity index (χ2n) is 8.26. The SMILES string of the molecule is COCc1cc(OC)c(C)cc1OCCOCCOCCOCCOc1cc(C)c(OC)cc1COC. The first kappa shape index (κ1) is 30.7. The summed E-state index contributed by atoms with van der Waals surface area (Å²) in [6.45, 7) is 8.60. The second kappa shape index (κ2) is 17.8. The predicted octanol–water partition coefficient (Wildman–Crippen LogP) is 4.12. The lowest BCUT2D eigenvalue weighted by Gasteiger charge is -2.15. The summed E-state index contributed by atoms with van der Waals surface area (Å²) in [5.74, 6) is 3.18. The van der Waals surface area contributed by atoms with Crippen molar-refractivity contribution in [1.29, 1.82) is 0 Å². The van der Waals surface area contributed by atoms with Crippen LogP contribution in [0.5, 0.6) is 23.0 Å². The van der Waals surface area contributed by atoms with E-state index in [9.17, 15) is 0 Å². The van der Waals surface area contributed by atoms with Crippen LogP contribution in [-0.4, -0.2) is 81.3 Å². The van der Waals surface area contributed by atoms with Gasteiger partial charge in [-0.1, -0.05) is 0 Å². The fourth-order valence-corrected chi connectivity index (χ4v) is 3.62. The van der Waals surface area contributed by atoms with E-state index in [4.69, 9.17) is 42.6 Å². The third kappa shape index (κ3) is 10.8. The number of ether oxygens (including phenoxy) is 9. The van der Waals surface area contributed by atoms with Crippen LogP contribution >= 0.6 is 0 Å². The molecule has 9 heteroatoms. The second-order valence-corrected chi connectivity index (χ2v) is 8.26. The lowest BCUT2D eigenvalue weighted by Crippen LogP contribution is -2.14. The van der Waals surface area contributed by atoms with Gasteiger partial charge >= 0.3 is 0 Å². The molecule has 0 aliphatic rings. The van der Waals surface area contributed by atoms with Crippen LogP contribution < -0.4 is 18.9 Å². The average Bonchev–Trinajstić information content (AvgIpc) is 2.89. The molecular weight excluding hydrogens is 480 g/mol. The van der Waals surface area contributed by atoms with Crippen LogP contribution in [-0.2, 0) is 36.9 Å². The smallest absolute Gasteiger partial charge is 0.125 e. The Labute approximate surface area is 220 Å². The summed E-state index contributed by atoms with van der Waals surface area (Å²) in [5, 5.41) is 0. The van der Waals surface area contributed by atoms with Gasteiger partial charge in [0.25, 0.3) is 0 Å². The molecule has 0 radical (unpaired) electrons. The fraction of sp³-hybridized carbons (Fsp3) is 0.571. The molecule has 0 aliphatic carbocycles. The van der Waals surface area contributed by atoms with Gasteiger partial charge in [-0.25, -0.2) is 0 Å². The number of rotatable bonds is 20. The van der Waals surface area contributed by atoms with E-state index in [1.54, 1.807) is 28.4 Å². The highest BCUT2D eigenvalue weighted by molar-refractivity contribution is 5.46. The topological polar surface area (TPSA) is 83.1 Å². The molecular formula is C28H42O9. The highest BCUT2D eigenvalue weighted by Gasteiger charge is 2.10. The van der Waals surface area contributed by atoms with Crippen molar-refractivity contribution in [3.05, 3.63) is 46.5 Å². The molecule has 2 aromatic carbocycles. The number of hydrogen-bond acceptors (Lipinski definition) is 9. The molecule has 0 fully saturated rings. The minimum atomic E-state index is 0.436. The quantitative estimate of drug-likeness (QED) is 0.239. The monoisotopic (exact) mass is 522 g/mol. The fourth-order valence-electron chi connectivity index (χ4n) is 3.62. The van der Waals surface area contributed by atoms with Gasteiger partial charge in [0.05, 0.1) is 67.1 Å². The van der Waals surface area contributed by atoms with Crippen LogP contribution in [0.3, 0.4) is 0 Å². The van der Waals surface area contributed by atoms with E-state index in [0.29, 0.717) is 66.1 Å². The molecule has 0 saturated carbocycles. The minimum absolute atomic E-state index is 0.436. The molecule has 2 aromatic rings. The molecule has 0 saturated heterocycles. The largest absolute Gasteiger partial charge is 0.496 e. The van der Waals surface area contributed by atoms with E-state index >= 15 is 0 Å².